The molecular weight excluding hydrogens is 546 g/mol. The molecule has 0 bridgehead atoms. The van der Waals surface area contributed by atoms with E-state index in [4.69, 9.17) is 14.9 Å². The zero-order valence-electron chi connectivity index (χ0n) is 23.8. The van der Waals surface area contributed by atoms with E-state index in [-0.39, 0.29) is 30.3 Å². The molecule has 13 nitrogen and oxygen atoms in total. The van der Waals surface area contributed by atoms with Crippen molar-refractivity contribution in [2.24, 2.45) is 0 Å². The quantitative estimate of drug-likeness (QED) is 0.193. The Labute approximate surface area is 242 Å². The van der Waals surface area contributed by atoms with Crippen molar-refractivity contribution < 1.29 is 39.5 Å². The number of carboxylic acid groups (broad SMARTS) is 2. The molecule has 1 amide bonds. The predicted octanol–water partition coefficient (Wildman–Crippen LogP) is 2.80. The van der Waals surface area contributed by atoms with Crippen LogP contribution >= 0.6 is 0 Å². The number of phenolic OH excluding ortho intramolecular Hbond substituents is 1. The summed E-state index contributed by atoms with van der Waals surface area (Å²) >= 11 is 0. The van der Waals surface area contributed by atoms with E-state index in [1.807, 2.05) is 42.8 Å². The van der Waals surface area contributed by atoms with Crippen LogP contribution in [-0.4, -0.2) is 71.7 Å². The molecule has 42 heavy (non-hydrogen) atoms. The molecule has 0 aliphatic carbocycles. The number of nitrogens with zero attached hydrogens (tertiary/aromatic N) is 3. The fourth-order valence-corrected chi connectivity index (χ4v) is 4.02. The van der Waals surface area contributed by atoms with Gasteiger partial charge in [0.05, 0.1) is 11.8 Å². The highest BCUT2D eigenvalue weighted by Gasteiger charge is 2.26. The second kappa shape index (κ2) is 13.7. The Kier molecular flexibility index (Phi) is 10.4. The van der Waals surface area contributed by atoms with Crippen LogP contribution in [0.2, 0.25) is 0 Å². The predicted molar refractivity (Wildman–Crippen MR) is 153 cm³/mol. The first-order valence-electron chi connectivity index (χ1n) is 13.1. The number of carboxylic acids is 2. The van der Waals surface area contributed by atoms with Crippen molar-refractivity contribution in [1.29, 1.82) is 0 Å². The van der Waals surface area contributed by atoms with E-state index in [1.54, 1.807) is 0 Å². The lowest BCUT2D eigenvalue weighted by Crippen LogP contribution is -2.42. The number of rotatable bonds is 10. The normalized spacial score (nSPS) is 13.4. The second-order valence-electron chi connectivity index (χ2n) is 10.4. The lowest BCUT2D eigenvalue weighted by Gasteiger charge is -2.29. The first kappa shape index (κ1) is 31.8. The van der Waals surface area contributed by atoms with Gasteiger partial charge in [-0.3, -0.25) is 4.79 Å². The van der Waals surface area contributed by atoms with E-state index in [1.165, 1.54) is 17.7 Å². The molecule has 1 unspecified atom stereocenters. The minimum absolute atomic E-state index is 0.0519. The number of aliphatic hydroxyl groups is 1. The zero-order chi connectivity index (χ0) is 31.0. The number of aromatic hydroxyl groups is 1. The number of carbonyl (C=O) groups excluding carboxylic acids is 1. The van der Waals surface area contributed by atoms with Crippen LogP contribution in [0.15, 0.2) is 48.6 Å². The summed E-state index contributed by atoms with van der Waals surface area (Å²) in [6.07, 6.45) is 0.934. The number of hydrogen-bond donors (Lipinski definition) is 6. The third kappa shape index (κ3) is 9.14. The molecule has 0 fully saturated rings. The summed E-state index contributed by atoms with van der Waals surface area (Å²) < 4.78 is 7.41. The zero-order valence-corrected chi connectivity index (χ0v) is 23.8. The minimum Gasteiger partial charge on any atom is -0.508 e. The molecule has 0 spiro atoms. The molecule has 1 aliphatic heterocycles. The SMILES string of the molecule is Cc1ccc(-c2nc(C)n(CCC(C)(C)NCC(O)c3cc(O)cc4c3OCC(=O)N4)n2)cc1.O=C(O)/C=C\C(=O)O. The van der Waals surface area contributed by atoms with Crippen LogP contribution in [-0.2, 0) is 20.9 Å². The summed E-state index contributed by atoms with van der Waals surface area (Å²) in [6, 6.07) is 11.0. The fourth-order valence-electron chi connectivity index (χ4n) is 4.02. The molecule has 2 heterocycles. The Hall–Kier alpha value is -4.75. The van der Waals surface area contributed by atoms with Gasteiger partial charge in [0.25, 0.3) is 5.91 Å². The van der Waals surface area contributed by atoms with Gasteiger partial charge in [-0.25, -0.2) is 19.3 Å². The van der Waals surface area contributed by atoms with Crippen LogP contribution in [0.1, 0.15) is 43.3 Å². The maximum Gasteiger partial charge on any atom is 0.328 e. The number of carbonyl (C=O) groups is 3. The first-order chi connectivity index (χ1) is 19.7. The number of aliphatic hydroxyl groups excluding tert-OH is 1. The van der Waals surface area contributed by atoms with Gasteiger partial charge in [-0.1, -0.05) is 29.8 Å². The van der Waals surface area contributed by atoms with Gasteiger partial charge in [0.2, 0.25) is 0 Å². The topological polar surface area (TPSA) is 196 Å². The summed E-state index contributed by atoms with van der Waals surface area (Å²) in [5, 5.41) is 47.2. The van der Waals surface area contributed by atoms with Crippen molar-refractivity contribution in [1.82, 2.24) is 20.1 Å². The first-order valence-corrected chi connectivity index (χ1v) is 13.1. The Morgan fingerprint density at radius 1 is 1.14 bits per heavy atom. The summed E-state index contributed by atoms with van der Waals surface area (Å²) in [5.41, 5.74) is 2.65. The van der Waals surface area contributed by atoms with Crippen molar-refractivity contribution in [2.75, 3.05) is 18.5 Å². The molecular formula is C29H35N5O8. The number of benzene rings is 2. The highest BCUT2D eigenvalue weighted by molar-refractivity contribution is 5.96. The lowest BCUT2D eigenvalue weighted by molar-refractivity contribution is -0.134. The van der Waals surface area contributed by atoms with Gasteiger partial charge in [0.1, 0.15) is 17.3 Å². The Morgan fingerprint density at radius 3 is 2.40 bits per heavy atom. The standard InChI is InChI=1S/C25H31N5O4.C4H4O4/c1-15-5-7-17(8-6-15)24-27-16(2)30(29-24)10-9-25(3,4)26-13-21(32)19-11-18(31)12-20-23(19)34-14-22(33)28-20;5-3(6)1-2-4(7)8/h5-8,11-12,21,26,31-32H,9-10,13-14H2,1-4H3,(H,28,33);1-2H,(H,5,6)(H,7,8)/b;2-1-. The Bertz CT molecular complexity index is 1450. The van der Waals surface area contributed by atoms with Gasteiger partial charge in [0.15, 0.2) is 12.4 Å². The highest BCUT2D eigenvalue weighted by atomic mass is 16.5. The molecule has 0 saturated heterocycles. The van der Waals surface area contributed by atoms with E-state index in [0.717, 1.165) is 17.8 Å². The van der Waals surface area contributed by atoms with Gasteiger partial charge in [0, 0.05) is 48.0 Å². The third-order valence-corrected chi connectivity index (χ3v) is 6.34. The molecule has 1 aromatic heterocycles. The van der Waals surface area contributed by atoms with Gasteiger partial charge < -0.3 is 35.8 Å². The van der Waals surface area contributed by atoms with Crippen molar-refractivity contribution in [3.05, 3.63) is 65.5 Å². The van der Waals surface area contributed by atoms with Gasteiger partial charge in [-0.15, -0.1) is 0 Å². The maximum absolute atomic E-state index is 11.6. The van der Waals surface area contributed by atoms with Crippen molar-refractivity contribution >= 4 is 23.5 Å². The van der Waals surface area contributed by atoms with Gasteiger partial charge in [-0.05, 0) is 40.2 Å². The van der Waals surface area contributed by atoms with Gasteiger partial charge >= 0.3 is 11.9 Å². The number of amides is 1. The summed E-state index contributed by atoms with van der Waals surface area (Å²) in [4.78, 5) is 35.3. The van der Waals surface area contributed by atoms with Crippen molar-refractivity contribution in [2.45, 2.75) is 52.3 Å². The van der Waals surface area contributed by atoms with E-state index < -0.39 is 18.0 Å². The average molecular weight is 582 g/mol. The number of aliphatic carboxylic acids is 2. The molecule has 13 heteroatoms. The van der Waals surface area contributed by atoms with Crippen LogP contribution in [0.25, 0.3) is 11.4 Å². The van der Waals surface area contributed by atoms with Gasteiger partial charge in [-0.2, -0.15) is 5.10 Å². The Morgan fingerprint density at radius 2 is 1.79 bits per heavy atom. The van der Waals surface area contributed by atoms with Crippen LogP contribution in [0.4, 0.5) is 5.69 Å². The largest absolute Gasteiger partial charge is 0.508 e. The number of fused-ring (bicyclic) bond motifs is 1. The van der Waals surface area contributed by atoms with Crippen LogP contribution in [0.3, 0.4) is 0 Å². The van der Waals surface area contributed by atoms with Crippen molar-refractivity contribution in [3.63, 3.8) is 0 Å². The van der Waals surface area contributed by atoms with Crippen molar-refractivity contribution in [3.8, 4) is 22.9 Å². The molecule has 0 saturated carbocycles. The number of phenols is 1. The van der Waals surface area contributed by atoms with E-state index in [0.29, 0.717) is 41.5 Å². The lowest BCUT2D eigenvalue weighted by atomic mass is 9.99. The molecule has 0 radical (unpaired) electrons. The van der Waals surface area contributed by atoms with E-state index in [2.05, 4.69) is 34.6 Å². The van der Waals surface area contributed by atoms with Crippen LogP contribution in [0, 0.1) is 13.8 Å². The smallest absolute Gasteiger partial charge is 0.328 e. The number of hydrogen-bond acceptors (Lipinski definition) is 9. The van der Waals surface area contributed by atoms with Crippen LogP contribution in [0.5, 0.6) is 11.5 Å². The molecule has 224 valence electrons. The monoisotopic (exact) mass is 581 g/mol. The van der Waals surface area contributed by atoms with Crippen LogP contribution < -0.4 is 15.4 Å². The van der Waals surface area contributed by atoms with E-state index in [9.17, 15) is 24.6 Å². The second-order valence-corrected chi connectivity index (χ2v) is 10.4. The van der Waals surface area contributed by atoms with E-state index >= 15 is 0 Å². The summed E-state index contributed by atoms with van der Waals surface area (Å²) in [7, 11) is 0. The fraction of sp³-hybridized carbons (Fsp3) is 0.345. The minimum atomic E-state index is -1.26. The Balaban J connectivity index is 0.000000531. The number of nitrogens with one attached hydrogen (secondary N) is 2. The highest BCUT2D eigenvalue weighted by Crippen LogP contribution is 2.38. The number of aryl methyl sites for hydroxylation is 3. The third-order valence-electron chi connectivity index (χ3n) is 6.34. The molecule has 3 aromatic rings. The molecule has 1 atom stereocenters. The number of aromatic nitrogens is 3. The number of β-amino-alcohol motifs (C(OH)–C–C–N with tert-alkyl or cyclic N) is 1. The summed E-state index contributed by atoms with van der Waals surface area (Å²) in [5.74, 6) is -0.932. The average Bonchev–Trinajstić information content (AvgIpc) is 3.30. The molecule has 6 N–H and O–H groups in total. The molecule has 4 rings (SSSR count). The number of ether oxygens (including phenoxy) is 1. The number of anilines is 1. The molecule has 2 aromatic carbocycles. The molecule has 1 aliphatic rings. The maximum atomic E-state index is 11.6. The summed E-state index contributed by atoms with van der Waals surface area (Å²) in [6.45, 7) is 8.88.